The van der Waals surface area contributed by atoms with Crippen LogP contribution in [0.3, 0.4) is 0 Å². The van der Waals surface area contributed by atoms with Crippen LogP contribution in [0.15, 0.2) is 18.2 Å². The van der Waals surface area contributed by atoms with Crippen LogP contribution in [-0.2, 0) is 6.54 Å². The quantitative estimate of drug-likeness (QED) is 0.826. The van der Waals surface area contributed by atoms with Gasteiger partial charge in [-0.25, -0.2) is 4.98 Å². The molecule has 0 bridgehead atoms. The highest BCUT2D eigenvalue weighted by atomic mass is 35.5. The topological polar surface area (TPSA) is 82.3 Å². The molecule has 7 heteroatoms. The van der Waals surface area contributed by atoms with E-state index in [0.29, 0.717) is 35.2 Å². The molecule has 0 radical (unpaired) electrons. The summed E-state index contributed by atoms with van der Waals surface area (Å²) in [6.45, 7) is 2.31. The zero-order valence-electron chi connectivity index (χ0n) is 12.1. The lowest BCUT2D eigenvalue weighted by Crippen LogP contribution is -2.07. The fraction of sp³-hybridized carbons (Fsp3) is 0.286. The number of nitrogens with one attached hydrogen (secondary N) is 1. The van der Waals surface area contributed by atoms with Crippen LogP contribution in [-0.4, -0.2) is 24.2 Å². The molecule has 0 aliphatic rings. The molecule has 2 rings (SSSR count). The Balaban J connectivity index is 2.17. The fourth-order valence-corrected chi connectivity index (χ4v) is 2.07. The number of methoxy groups -OCH3 is 2. The second-order valence-corrected chi connectivity index (χ2v) is 4.72. The zero-order chi connectivity index (χ0) is 15.4. The van der Waals surface area contributed by atoms with Gasteiger partial charge in [-0.3, -0.25) is 0 Å². The average Bonchev–Trinajstić information content (AvgIpc) is 2.49. The first kappa shape index (κ1) is 15.2. The molecule has 0 saturated carbocycles. The maximum absolute atomic E-state index is 5.93. The van der Waals surface area contributed by atoms with Crippen molar-refractivity contribution in [2.75, 3.05) is 25.3 Å². The Morgan fingerprint density at radius 2 is 1.90 bits per heavy atom. The van der Waals surface area contributed by atoms with Gasteiger partial charge >= 0.3 is 0 Å². The van der Waals surface area contributed by atoms with E-state index in [-0.39, 0.29) is 5.28 Å². The highest BCUT2D eigenvalue weighted by Gasteiger charge is 2.09. The summed E-state index contributed by atoms with van der Waals surface area (Å²) in [7, 11) is 3.20. The van der Waals surface area contributed by atoms with E-state index in [2.05, 4.69) is 15.3 Å². The first-order valence-electron chi connectivity index (χ1n) is 6.29. The zero-order valence-corrected chi connectivity index (χ0v) is 12.9. The van der Waals surface area contributed by atoms with E-state index in [9.17, 15) is 0 Å². The molecule has 1 aromatic carbocycles. The average molecular weight is 309 g/mol. The molecule has 0 spiro atoms. The van der Waals surface area contributed by atoms with Gasteiger partial charge in [0.25, 0.3) is 0 Å². The predicted molar refractivity (Wildman–Crippen MR) is 83.1 cm³/mol. The number of hydrogen-bond acceptors (Lipinski definition) is 6. The van der Waals surface area contributed by atoms with E-state index in [4.69, 9.17) is 26.8 Å². The largest absolute Gasteiger partial charge is 0.493 e. The number of aromatic nitrogens is 2. The summed E-state index contributed by atoms with van der Waals surface area (Å²) in [4.78, 5) is 8.08. The third-order valence-electron chi connectivity index (χ3n) is 3.02. The van der Waals surface area contributed by atoms with Gasteiger partial charge in [0.2, 0.25) is 5.28 Å². The number of nitrogens with zero attached hydrogens (tertiary/aromatic N) is 2. The maximum Gasteiger partial charge on any atom is 0.224 e. The fourth-order valence-electron chi connectivity index (χ4n) is 1.86. The second kappa shape index (κ2) is 6.49. The molecule has 0 amide bonds. The summed E-state index contributed by atoms with van der Waals surface area (Å²) in [5.41, 5.74) is 8.06. The summed E-state index contributed by atoms with van der Waals surface area (Å²) in [5, 5.41) is 3.31. The summed E-state index contributed by atoms with van der Waals surface area (Å²) in [6, 6.07) is 5.66. The Hall–Kier alpha value is -2.21. The molecule has 21 heavy (non-hydrogen) atoms. The van der Waals surface area contributed by atoms with Gasteiger partial charge < -0.3 is 20.5 Å². The van der Waals surface area contributed by atoms with E-state index >= 15 is 0 Å². The van der Waals surface area contributed by atoms with Crippen LogP contribution in [0.2, 0.25) is 5.28 Å². The van der Waals surface area contributed by atoms with Crippen molar-refractivity contribution < 1.29 is 9.47 Å². The number of rotatable bonds is 5. The van der Waals surface area contributed by atoms with Gasteiger partial charge in [0.15, 0.2) is 17.3 Å². The smallest absolute Gasteiger partial charge is 0.224 e. The van der Waals surface area contributed by atoms with E-state index in [1.165, 1.54) is 0 Å². The number of anilines is 2. The van der Waals surface area contributed by atoms with Crippen LogP contribution in [0.4, 0.5) is 11.5 Å². The lowest BCUT2D eigenvalue weighted by molar-refractivity contribution is 0.354. The Kier molecular flexibility index (Phi) is 4.70. The van der Waals surface area contributed by atoms with Crippen molar-refractivity contribution in [3.63, 3.8) is 0 Å². The van der Waals surface area contributed by atoms with Crippen LogP contribution >= 0.6 is 11.6 Å². The SMILES string of the molecule is COc1ccc(CNc2nc(Cl)nc(C)c2N)cc1OC. The molecular formula is C14H17ClN4O2. The number of nitrogen functional groups attached to an aromatic ring is 1. The lowest BCUT2D eigenvalue weighted by Gasteiger charge is -2.12. The van der Waals surface area contributed by atoms with Crippen molar-refractivity contribution in [1.29, 1.82) is 0 Å². The molecular weight excluding hydrogens is 292 g/mol. The van der Waals surface area contributed by atoms with Crippen molar-refractivity contribution in [3.8, 4) is 11.5 Å². The standard InChI is InChI=1S/C14H17ClN4O2/c1-8-12(16)13(19-14(15)18-8)17-7-9-4-5-10(20-2)11(6-9)21-3/h4-6H,7,16H2,1-3H3,(H,17,18,19). The van der Waals surface area contributed by atoms with Gasteiger partial charge in [0.05, 0.1) is 25.6 Å². The summed E-state index contributed by atoms with van der Waals surface area (Å²) < 4.78 is 10.5. The molecule has 0 saturated heterocycles. The van der Waals surface area contributed by atoms with Gasteiger partial charge in [-0.05, 0) is 36.2 Å². The van der Waals surface area contributed by atoms with Gasteiger partial charge in [-0.15, -0.1) is 0 Å². The summed E-state index contributed by atoms with van der Waals surface area (Å²) >= 11 is 5.84. The first-order valence-corrected chi connectivity index (χ1v) is 6.67. The number of hydrogen-bond donors (Lipinski definition) is 2. The van der Waals surface area contributed by atoms with Gasteiger partial charge in [0.1, 0.15) is 0 Å². The molecule has 2 aromatic rings. The van der Waals surface area contributed by atoms with Crippen molar-refractivity contribution in [2.24, 2.45) is 0 Å². The molecule has 0 fully saturated rings. The van der Waals surface area contributed by atoms with Crippen molar-refractivity contribution >= 4 is 23.1 Å². The van der Waals surface area contributed by atoms with E-state index in [1.54, 1.807) is 21.1 Å². The van der Waals surface area contributed by atoms with Crippen molar-refractivity contribution in [2.45, 2.75) is 13.5 Å². The highest BCUT2D eigenvalue weighted by molar-refractivity contribution is 6.28. The van der Waals surface area contributed by atoms with E-state index in [0.717, 1.165) is 5.56 Å². The second-order valence-electron chi connectivity index (χ2n) is 4.38. The van der Waals surface area contributed by atoms with Crippen LogP contribution in [0.25, 0.3) is 0 Å². The third kappa shape index (κ3) is 3.46. The molecule has 6 nitrogen and oxygen atoms in total. The van der Waals surface area contributed by atoms with E-state index in [1.807, 2.05) is 18.2 Å². The highest BCUT2D eigenvalue weighted by Crippen LogP contribution is 2.28. The molecule has 112 valence electrons. The minimum Gasteiger partial charge on any atom is -0.493 e. The van der Waals surface area contributed by atoms with Crippen LogP contribution in [0.5, 0.6) is 11.5 Å². The number of ether oxygens (including phenoxy) is 2. The Bertz CT molecular complexity index is 649. The molecule has 3 N–H and O–H groups in total. The molecule has 1 aromatic heterocycles. The van der Waals surface area contributed by atoms with Gasteiger partial charge in [-0.1, -0.05) is 6.07 Å². The first-order chi connectivity index (χ1) is 10.0. The summed E-state index contributed by atoms with van der Waals surface area (Å²) in [5.74, 6) is 1.87. The number of halogens is 1. The molecule has 0 aliphatic heterocycles. The maximum atomic E-state index is 5.93. The Labute approximate surface area is 128 Å². The van der Waals surface area contributed by atoms with Crippen molar-refractivity contribution in [3.05, 3.63) is 34.7 Å². The van der Waals surface area contributed by atoms with Crippen LogP contribution in [0.1, 0.15) is 11.3 Å². The molecule has 1 heterocycles. The predicted octanol–water partition coefficient (Wildman–Crippen LogP) is 2.65. The monoisotopic (exact) mass is 308 g/mol. The molecule has 0 aliphatic carbocycles. The Morgan fingerprint density at radius 3 is 2.57 bits per heavy atom. The van der Waals surface area contributed by atoms with Crippen LogP contribution < -0.4 is 20.5 Å². The number of nitrogens with two attached hydrogens (primary N) is 1. The number of benzene rings is 1. The van der Waals surface area contributed by atoms with Gasteiger partial charge in [-0.2, -0.15) is 4.98 Å². The normalized spacial score (nSPS) is 10.3. The molecule has 0 unspecified atom stereocenters. The Morgan fingerprint density at radius 1 is 1.19 bits per heavy atom. The third-order valence-corrected chi connectivity index (χ3v) is 3.19. The number of aryl methyl sites for hydroxylation is 1. The van der Waals surface area contributed by atoms with E-state index < -0.39 is 0 Å². The van der Waals surface area contributed by atoms with Crippen molar-refractivity contribution in [1.82, 2.24) is 9.97 Å². The minimum atomic E-state index is 0.163. The summed E-state index contributed by atoms with van der Waals surface area (Å²) in [6.07, 6.45) is 0. The molecule has 0 atom stereocenters. The van der Waals surface area contributed by atoms with Crippen LogP contribution in [0, 0.1) is 6.92 Å². The van der Waals surface area contributed by atoms with Gasteiger partial charge in [0, 0.05) is 6.54 Å². The minimum absolute atomic E-state index is 0.163. The lowest BCUT2D eigenvalue weighted by atomic mass is 10.2.